The highest BCUT2D eigenvalue weighted by molar-refractivity contribution is 7.12. The van der Waals surface area contributed by atoms with Crippen LogP contribution < -0.4 is 5.32 Å². The van der Waals surface area contributed by atoms with Crippen LogP contribution in [-0.2, 0) is 4.79 Å². The van der Waals surface area contributed by atoms with Gasteiger partial charge in [0.25, 0.3) is 5.91 Å². The van der Waals surface area contributed by atoms with Gasteiger partial charge in [0, 0.05) is 17.7 Å². The van der Waals surface area contributed by atoms with Crippen molar-refractivity contribution in [2.45, 2.75) is 27.2 Å². The van der Waals surface area contributed by atoms with Crippen LogP contribution in [0.3, 0.4) is 0 Å². The molecule has 1 amide bonds. The second-order valence-corrected chi connectivity index (χ2v) is 6.95. The maximum absolute atomic E-state index is 12.0. The van der Waals surface area contributed by atoms with Crippen molar-refractivity contribution in [1.29, 1.82) is 0 Å². The molecule has 2 unspecified atom stereocenters. The maximum atomic E-state index is 12.0. The molecule has 0 aromatic carbocycles. The summed E-state index contributed by atoms with van der Waals surface area (Å²) in [7, 11) is 0. The lowest BCUT2D eigenvalue weighted by molar-refractivity contribution is -0.115. The number of nitrogens with one attached hydrogen (secondary N) is 1. The zero-order chi connectivity index (χ0) is 13.8. The quantitative estimate of drug-likeness (QED) is 0.843. The molecule has 1 aromatic rings. The largest absolute Gasteiger partial charge is 0.325 e. The van der Waals surface area contributed by atoms with Gasteiger partial charge in [0.2, 0.25) is 0 Å². The SMILES string of the molecule is CC(NC(=O)c1cccs1)=C1C(=O)CC2C1C2(C)C. The van der Waals surface area contributed by atoms with Crippen molar-refractivity contribution in [3.05, 3.63) is 33.7 Å². The lowest BCUT2D eigenvalue weighted by atomic mass is 9.95. The molecule has 2 fully saturated rings. The molecule has 100 valence electrons. The summed E-state index contributed by atoms with van der Waals surface area (Å²) in [6, 6.07) is 3.64. The summed E-state index contributed by atoms with van der Waals surface area (Å²) in [5.74, 6) is 0.903. The van der Waals surface area contributed by atoms with Crippen LogP contribution in [0.2, 0.25) is 0 Å². The van der Waals surface area contributed by atoms with Gasteiger partial charge in [0.1, 0.15) is 0 Å². The Bertz CT molecular complexity index is 583. The fourth-order valence-corrected chi connectivity index (χ4v) is 3.95. The molecule has 1 heterocycles. The second-order valence-electron chi connectivity index (χ2n) is 6.00. The average molecular weight is 275 g/mol. The minimum Gasteiger partial charge on any atom is -0.325 e. The zero-order valence-electron chi connectivity index (χ0n) is 11.3. The Kier molecular flexibility index (Phi) is 2.68. The van der Waals surface area contributed by atoms with Crippen molar-refractivity contribution in [3.63, 3.8) is 0 Å². The third-order valence-corrected chi connectivity index (χ3v) is 5.39. The number of hydrogen-bond acceptors (Lipinski definition) is 3. The smallest absolute Gasteiger partial charge is 0.265 e. The molecule has 2 atom stereocenters. The van der Waals surface area contributed by atoms with E-state index in [0.717, 1.165) is 11.3 Å². The fraction of sp³-hybridized carbons (Fsp3) is 0.467. The third kappa shape index (κ3) is 1.86. The molecule has 0 saturated heterocycles. The first-order valence-corrected chi connectivity index (χ1v) is 7.39. The summed E-state index contributed by atoms with van der Waals surface area (Å²) in [4.78, 5) is 24.7. The summed E-state index contributed by atoms with van der Waals surface area (Å²) < 4.78 is 0. The van der Waals surface area contributed by atoms with Gasteiger partial charge in [-0.3, -0.25) is 9.59 Å². The van der Waals surface area contributed by atoms with Gasteiger partial charge in [-0.25, -0.2) is 0 Å². The molecule has 19 heavy (non-hydrogen) atoms. The van der Waals surface area contributed by atoms with Crippen LogP contribution in [-0.4, -0.2) is 11.7 Å². The van der Waals surface area contributed by atoms with E-state index in [1.54, 1.807) is 6.07 Å². The fourth-order valence-electron chi connectivity index (χ4n) is 3.33. The Morgan fingerprint density at radius 1 is 1.47 bits per heavy atom. The van der Waals surface area contributed by atoms with Crippen LogP contribution >= 0.6 is 11.3 Å². The summed E-state index contributed by atoms with van der Waals surface area (Å²) in [5, 5.41) is 4.75. The summed E-state index contributed by atoms with van der Waals surface area (Å²) in [6.45, 7) is 6.24. The van der Waals surface area contributed by atoms with E-state index in [4.69, 9.17) is 0 Å². The second kappa shape index (κ2) is 4.04. The molecule has 1 aromatic heterocycles. The lowest BCUT2D eigenvalue weighted by Gasteiger charge is -2.13. The van der Waals surface area contributed by atoms with E-state index in [0.29, 0.717) is 23.1 Å². The van der Waals surface area contributed by atoms with E-state index in [1.807, 2.05) is 18.4 Å². The Balaban J connectivity index is 1.83. The molecule has 2 saturated carbocycles. The van der Waals surface area contributed by atoms with Crippen LogP contribution in [0.25, 0.3) is 0 Å². The van der Waals surface area contributed by atoms with Gasteiger partial charge in [-0.15, -0.1) is 11.3 Å². The summed E-state index contributed by atoms with van der Waals surface area (Å²) in [5.41, 5.74) is 1.81. The number of amides is 1. The Morgan fingerprint density at radius 2 is 2.21 bits per heavy atom. The Hall–Kier alpha value is -1.42. The van der Waals surface area contributed by atoms with E-state index < -0.39 is 0 Å². The van der Waals surface area contributed by atoms with Gasteiger partial charge in [-0.1, -0.05) is 19.9 Å². The van der Waals surface area contributed by atoms with Crippen molar-refractivity contribution < 1.29 is 9.59 Å². The first-order valence-electron chi connectivity index (χ1n) is 6.51. The monoisotopic (exact) mass is 275 g/mol. The van der Waals surface area contributed by atoms with E-state index in [1.165, 1.54) is 11.3 Å². The molecule has 3 rings (SSSR count). The van der Waals surface area contributed by atoms with Crippen LogP contribution in [0.5, 0.6) is 0 Å². The number of hydrogen-bond donors (Lipinski definition) is 1. The minimum absolute atomic E-state index is 0.116. The van der Waals surface area contributed by atoms with Crippen LogP contribution in [0, 0.1) is 17.3 Å². The highest BCUT2D eigenvalue weighted by atomic mass is 32.1. The molecule has 1 N–H and O–H groups in total. The predicted octanol–water partition coefficient (Wildman–Crippen LogP) is 3.00. The first kappa shape index (κ1) is 12.6. The van der Waals surface area contributed by atoms with Crippen LogP contribution in [0.1, 0.15) is 36.9 Å². The molecule has 0 spiro atoms. The summed E-state index contributed by atoms with van der Waals surface area (Å²) in [6.07, 6.45) is 0.638. The van der Waals surface area contributed by atoms with E-state index in [9.17, 15) is 9.59 Å². The van der Waals surface area contributed by atoms with Gasteiger partial charge < -0.3 is 5.32 Å². The summed E-state index contributed by atoms with van der Waals surface area (Å²) >= 11 is 1.41. The Morgan fingerprint density at radius 3 is 2.79 bits per heavy atom. The molecular formula is C15H17NO2S. The zero-order valence-corrected chi connectivity index (χ0v) is 12.1. The number of fused-ring (bicyclic) bond motifs is 1. The van der Waals surface area contributed by atoms with E-state index in [-0.39, 0.29) is 17.1 Å². The number of thiophene rings is 1. The van der Waals surface area contributed by atoms with Gasteiger partial charge in [0.15, 0.2) is 5.78 Å². The average Bonchev–Trinajstić information content (AvgIpc) is 2.82. The van der Waals surface area contributed by atoms with Crippen molar-refractivity contribution in [3.8, 4) is 0 Å². The number of Topliss-reactive ketones (excluding diaryl/α,β-unsaturated/α-hetero) is 1. The number of allylic oxidation sites excluding steroid dienone is 2. The minimum atomic E-state index is -0.116. The molecule has 0 radical (unpaired) electrons. The number of rotatable bonds is 2. The topological polar surface area (TPSA) is 46.2 Å². The number of carbonyl (C=O) groups is 2. The van der Waals surface area contributed by atoms with Gasteiger partial charge in [-0.05, 0) is 35.6 Å². The molecule has 2 aliphatic rings. The lowest BCUT2D eigenvalue weighted by Crippen LogP contribution is -2.24. The van der Waals surface area contributed by atoms with Gasteiger partial charge in [0.05, 0.1) is 4.88 Å². The molecule has 3 nitrogen and oxygen atoms in total. The van der Waals surface area contributed by atoms with E-state index in [2.05, 4.69) is 19.2 Å². The van der Waals surface area contributed by atoms with E-state index >= 15 is 0 Å². The third-order valence-electron chi connectivity index (χ3n) is 4.52. The highest BCUT2D eigenvalue weighted by Crippen LogP contribution is 2.68. The normalized spacial score (nSPS) is 29.9. The van der Waals surface area contributed by atoms with Crippen molar-refractivity contribution >= 4 is 23.0 Å². The van der Waals surface area contributed by atoms with Crippen LogP contribution in [0.15, 0.2) is 28.8 Å². The molecular weight excluding hydrogens is 258 g/mol. The molecule has 2 aliphatic carbocycles. The predicted molar refractivity (Wildman–Crippen MR) is 74.9 cm³/mol. The standard InChI is InChI=1S/C15H17NO2S/c1-8(16-14(18)11-5-4-6-19-11)12-10(17)7-9-13(12)15(9,2)3/h4-6,9,13H,7H2,1-3H3,(H,16,18). The highest BCUT2D eigenvalue weighted by Gasteiger charge is 2.65. The number of carbonyl (C=O) groups excluding carboxylic acids is 2. The van der Waals surface area contributed by atoms with Crippen molar-refractivity contribution in [2.75, 3.05) is 0 Å². The maximum Gasteiger partial charge on any atom is 0.265 e. The number of ketones is 1. The van der Waals surface area contributed by atoms with Crippen molar-refractivity contribution in [1.82, 2.24) is 5.32 Å². The Labute approximate surface area is 116 Å². The van der Waals surface area contributed by atoms with Crippen LogP contribution in [0.4, 0.5) is 0 Å². The van der Waals surface area contributed by atoms with Crippen molar-refractivity contribution in [2.24, 2.45) is 17.3 Å². The molecule has 0 bridgehead atoms. The molecule has 0 aliphatic heterocycles. The van der Waals surface area contributed by atoms with Gasteiger partial charge >= 0.3 is 0 Å². The van der Waals surface area contributed by atoms with Gasteiger partial charge in [-0.2, -0.15) is 0 Å². The molecule has 4 heteroatoms. The first-order chi connectivity index (χ1) is 8.93.